The number of rotatable bonds is 2. The minimum Gasteiger partial charge on any atom is -0.380 e. The molecular formula is C5H10O3S. The Morgan fingerprint density at radius 3 is 2.22 bits per heavy atom. The summed E-state index contributed by atoms with van der Waals surface area (Å²) in [6.45, 7) is 3.11. The fourth-order valence-electron chi connectivity index (χ4n) is 0.853. The first kappa shape index (κ1) is 7.02. The zero-order valence-electron chi connectivity index (χ0n) is 5.29. The molecule has 0 aromatic carbocycles. The summed E-state index contributed by atoms with van der Waals surface area (Å²) in [6.07, 6.45) is 0. The van der Waals surface area contributed by atoms with Gasteiger partial charge in [-0.25, -0.2) is 8.42 Å². The monoisotopic (exact) mass is 150 g/mol. The van der Waals surface area contributed by atoms with Gasteiger partial charge in [0.2, 0.25) is 0 Å². The molecule has 0 radical (unpaired) electrons. The second kappa shape index (κ2) is 2.27. The number of hydrogen-bond acceptors (Lipinski definition) is 3. The van der Waals surface area contributed by atoms with Crippen LogP contribution < -0.4 is 0 Å². The predicted octanol–water partition coefficient (Wildman–Crippen LogP) is -0.366. The highest BCUT2D eigenvalue weighted by Gasteiger charge is 2.33. The van der Waals surface area contributed by atoms with E-state index >= 15 is 0 Å². The maximum absolute atomic E-state index is 10.2. The summed E-state index contributed by atoms with van der Waals surface area (Å²) in [5, 5.41) is 0. The summed E-state index contributed by atoms with van der Waals surface area (Å²) in [4.78, 5) is 0. The Labute approximate surface area is 56.0 Å². The minimum atomic E-state index is -2.22. The van der Waals surface area contributed by atoms with Crippen LogP contribution in [-0.4, -0.2) is 27.4 Å². The van der Waals surface area contributed by atoms with Crippen molar-refractivity contribution in [2.75, 3.05) is 19.0 Å². The van der Waals surface area contributed by atoms with Crippen molar-refractivity contribution in [3.63, 3.8) is 0 Å². The molecule has 1 heterocycles. The van der Waals surface area contributed by atoms with Gasteiger partial charge < -0.3 is 4.74 Å². The van der Waals surface area contributed by atoms with Crippen LogP contribution in [-0.2, 0) is 15.4 Å². The van der Waals surface area contributed by atoms with E-state index in [1.165, 1.54) is 0 Å². The summed E-state index contributed by atoms with van der Waals surface area (Å²) in [6, 6.07) is 0. The van der Waals surface area contributed by atoms with Crippen molar-refractivity contribution in [2.45, 2.75) is 6.92 Å². The quantitative estimate of drug-likeness (QED) is 0.546. The molecule has 0 aromatic heterocycles. The van der Waals surface area contributed by atoms with Gasteiger partial charge in [0.05, 0.1) is 19.0 Å². The van der Waals surface area contributed by atoms with Crippen molar-refractivity contribution < 1.29 is 13.2 Å². The van der Waals surface area contributed by atoms with E-state index in [0.29, 0.717) is 13.2 Å². The molecule has 0 atom stereocenters. The molecule has 1 rings (SSSR count). The van der Waals surface area contributed by atoms with Gasteiger partial charge in [-0.1, -0.05) is 6.92 Å². The average molecular weight is 150 g/mol. The van der Waals surface area contributed by atoms with Crippen LogP contribution in [0.15, 0.2) is 0 Å². The summed E-state index contributed by atoms with van der Waals surface area (Å²) in [5.74, 6) is 0.266. The number of thiol groups is 1. The van der Waals surface area contributed by atoms with E-state index in [0.717, 1.165) is 0 Å². The first-order chi connectivity index (χ1) is 4.12. The van der Waals surface area contributed by atoms with E-state index in [2.05, 4.69) is 0 Å². The Morgan fingerprint density at radius 1 is 1.56 bits per heavy atom. The number of hydrogen-bond donors (Lipinski definition) is 1. The third-order valence-electron chi connectivity index (χ3n) is 1.41. The van der Waals surface area contributed by atoms with Gasteiger partial charge in [-0.15, -0.1) is 0 Å². The van der Waals surface area contributed by atoms with Gasteiger partial charge in [0.1, 0.15) is 10.7 Å². The second-order valence-corrected chi connectivity index (χ2v) is 3.78. The zero-order chi connectivity index (χ0) is 6.91. The second-order valence-electron chi connectivity index (χ2n) is 2.79. The molecule has 0 aromatic rings. The predicted molar refractivity (Wildman–Crippen MR) is 34.1 cm³/mol. The third kappa shape index (κ3) is 1.66. The largest absolute Gasteiger partial charge is 0.380 e. The van der Waals surface area contributed by atoms with Gasteiger partial charge in [0.25, 0.3) is 0 Å². The zero-order valence-corrected chi connectivity index (χ0v) is 6.19. The summed E-state index contributed by atoms with van der Waals surface area (Å²) in [5.41, 5.74) is -0.0742. The molecule has 4 heteroatoms. The fraction of sp³-hybridized carbons (Fsp3) is 1.00. The average Bonchev–Trinajstić information content (AvgIpc) is 1.60. The molecule has 0 N–H and O–H groups in total. The molecule has 0 unspecified atom stereocenters. The highest BCUT2D eigenvalue weighted by Crippen LogP contribution is 2.25. The molecule has 54 valence electrons. The molecule has 0 aliphatic carbocycles. The molecular weight excluding hydrogens is 140 g/mol. The van der Waals surface area contributed by atoms with Crippen molar-refractivity contribution in [1.29, 1.82) is 0 Å². The van der Waals surface area contributed by atoms with Crippen LogP contribution in [0.1, 0.15) is 6.92 Å². The van der Waals surface area contributed by atoms with E-state index in [9.17, 15) is 8.42 Å². The standard InChI is InChI=1S/C5H10O3S/c1-5(2-8-3-5)4-9(6)7/h9H,2-4H2,1H3. The van der Waals surface area contributed by atoms with Crippen molar-refractivity contribution in [1.82, 2.24) is 0 Å². The summed E-state index contributed by atoms with van der Waals surface area (Å²) in [7, 11) is -2.22. The van der Waals surface area contributed by atoms with E-state index in [4.69, 9.17) is 4.74 Å². The Hall–Kier alpha value is -0.0900. The smallest absolute Gasteiger partial charge is 0.140 e. The molecule has 1 aliphatic heterocycles. The van der Waals surface area contributed by atoms with Crippen LogP contribution in [0.4, 0.5) is 0 Å². The lowest BCUT2D eigenvalue weighted by Gasteiger charge is -2.35. The molecule has 0 saturated carbocycles. The van der Waals surface area contributed by atoms with E-state index in [1.54, 1.807) is 0 Å². The Bertz CT molecular complexity index is 161. The summed E-state index contributed by atoms with van der Waals surface area (Å²) < 4.78 is 25.2. The van der Waals surface area contributed by atoms with Gasteiger partial charge in [0.15, 0.2) is 0 Å². The Morgan fingerprint density at radius 2 is 2.11 bits per heavy atom. The van der Waals surface area contributed by atoms with Crippen molar-refractivity contribution in [3.8, 4) is 0 Å². The van der Waals surface area contributed by atoms with Crippen molar-refractivity contribution >= 4 is 10.7 Å². The van der Waals surface area contributed by atoms with Crippen LogP contribution in [0.2, 0.25) is 0 Å². The first-order valence-electron chi connectivity index (χ1n) is 2.82. The molecule has 0 amide bonds. The van der Waals surface area contributed by atoms with Crippen LogP contribution in [0.3, 0.4) is 0 Å². The topological polar surface area (TPSA) is 43.4 Å². The fourth-order valence-corrected chi connectivity index (χ4v) is 1.66. The van der Waals surface area contributed by atoms with Gasteiger partial charge in [-0.3, -0.25) is 0 Å². The maximum atomic E-state index is 10.2. The first-order valence-corrected chi connectivity index (χ1v) is 4.18. The van der Waals surface area contributed by atoms with E-state index in [1.807, 2.05) is 6.92 Å². The maximum Gasteiger partial charge on any atom is 0.140 e. The molecule has 3 nitrogen and oxygen atoms in total. The highest BCUT2D eigenvalue weighted by atomic mass is 32.2. The van der Waals surface area contributed by atoms with Crippen LogP contribution in [0, 0.1) is 5.41 Å². The Balaban J connectivity index is 2.42. The molecule has 9 heavy (non-hydrogen) atoms. The van der Waals surface area contributed by atoms with Gasteiger partial charge in [0, 0.05) is 5.41 Å². The normalized spacial score (nSPS) is 23.8. The number of ether oxygens (including phenoxy) is 1. The lowest BCUT2D eigenvalue weighted by molar-refractivity contribution is -0.0866. The van der Waals surface area contributed by atoms with Gasteiger partial charge in [-0.2, -0.15) is 0 Å². The molecule has 1 fully saturated rings. The lowest BCUT2D eigenvalue weighted by Crippen LogP contribution is -2.43. The molecule has 1 saturated heterocycles. The molecule has 0 spiro atoms. The van der Waals surface area contributed by atoms with Crippen molar-refractivity contribution in [3.05, 3.63) is 0 Å². The minimum absolute atomic E-state index is 0.0742. The Kier molecular flexibility index (Phi) is 1.77. The van der Waals surface area contributed by atoms with Crippen LogP contribution in [0.5, 0.6) is 0 Å². The van der Waals surface area contributed by atoms with Gasteiger partial charge in [-0.05, 0) is 0 Å². The van der Waals surface area contributed by atoms with Gasteiger partial charge >= 0.3 is 0 Å². The SMILES string of the molecule is CC1(C[SH](=O)=O)COC1. The van der Waals surface area contributed by atoms with Crippen molar-refractivity contribution in [2.24, 2.45) is 5.41 Å². The molecule has 0 bridgehead atoms. The van der Waals surface area contributed by atoms with Crippen LogP contribution in [0.25, 0.3) is 0 Å². The lowest BCUT2D eigenvalue weighted by atomic mass is 9.92. The summed E-state index contributed by atoms with van der Waals surface area (Å²) >= 11 is 0. The van der Waals surface area contributed by atoms with E-state index < -0.39 is 10.7 Å². The third-order valence-corrected chi connectivity index (χ3v) is 2.43. The molecule has 1 aliphatic rings. The van der Waals surface area contributed by atoms with E-state index in [-0.39, 0.29) is 11.2 Å². The van der Waals surface area contributed by atoms with Crippen LogP contribution >= 0.6 is 0 Å². The highest BCUT2D eigenvalue weighted by molar-refractivity contribution is 7.72.